The van der Waals surface area contributed by atoms with Gasteiger partial charge < -0.3 is 28.7 Å². The van der Waals surface area contributed by atoms with Crippen molar-refractivity contribution in [2.45, 2.75) is 55.1 Å². The average molecular weight is 1110 g/mol. The van der Waals surface area contributed by atoms with Crippen molar-refractivity contribution in [1.29, 1.82) is 0 Å². The number of halogens is 6. The van der Waals surface area contributed by atoms with Crippen LogP contribution in [0.1, 0.15) is 46.1 Å². The summed E-state index contributed by atoms with van der Waals surface area (Å²) in [6.45, 7) is 0.278. The Morgan fingerprint density at radius 1 is 0.632 bits per heavy atom. The Kier molecular flexibility index (Phi) is 20.3. The third kappa shape index (κ3) is 16.1. The molecular formula is C48H46F6N4O16S2. The van der Waals surface area contributed by atoms with Gasteiger partial charge in [0.15, 0.2) is 17.4 Å². The molecule has 28 heteroatoms. The van der Waals surface area contributed by atoms with Crippen molar-refractivity contribution in [3.63, 3.8) is 0 Å². The summed E-state index contributed by atoms with van der Waals surface area (Å²) in [4.78, 5) is 81.5. The molecule has 76 heavy (non-hydrogen) atoms. The first-order valence-corrected chi connectivity index (χ1v) is 25.0. The molecule has 0 bridgehead atoms. The standard InChI is InChI=1S/C23H24N2O6.C23H22N2O5.C2F6O5S2/c1-30-22(28)19-12-18(21(27)24-13-20(26)17-10-6-3-7-11-17)14-25(19)23(29)31-15-16-8-4-2-5-9-16;1-28-22(26)19-12-18(21-24-13-20(30-21)17-10-6-3-7-11-17)14-25(19)23(27)29-15-16-8-4-2-5-9-16;3-1(4,5)14(9,10)13-15(11,12)2(6,7)8/h2-11,18-19H,12-15H2,1H3,(H,24,27);2-11,13,18-19H,12,14-15H2,1H3;/t2*18-,19-;/m00./s1. The van der Waals surface area contributed by atoms with E-state index in [1.54, 1.807) is 36.5 Å². The van der Waals surface area contributed by atoms with Crippen molar-refractivity contribution in [2.75, 3.05) is 33.9 Å². The van der Waals surface area contributed by atoms with Gasteiger partial charge in [-0.25, -0.2) is 24.2 Å². The highest BCUT2D eigenvalue weighted by Crippen LogP contribution is 2.35. The fourth-order valence-corrected chi connectivity index (χ4v) is 8.77. The first-order chi connectivity index (χ1) is 35.8. The van der Waals surface area contributed by atoms with E-state index in [-0.39, 0.29) is 51.0 Å². The molecule has 2 aliphatic rings. The molecule has 0 unspecified atom stereocenters. The molecule has 2 aliphatic heterocycles. The summed E-state index contributed by atoms with van der Waals surface area (Å²) in [5, 5.41) is 2.60. The lowest BCUT2D eigenvalue weighted by atomic mass is 10.0. The predicted molar refractivity (Wildman–Crippen MR) is 250 cm³/mol. The van der Waals surface area contributed by atoms with Crippen LogP contribution in [-0.4, -0.2) is 124 Å². The number of oxazole rings is 1. The second-order valence-corrected chi connectivity index (χ2v) is 19.4. The molecule has 0 radical (unpaired) electrons. The minimum atomic E-state index is -6.85. The van der Waals surface area contributed by atoms with E-state index in [0.29, 0.717) is 23.6 Å². The summed E-state index contributed by atoms with van der Waals surface area (Å²) in [6.07, 6.45) is 0.857. The molecule has 5 aromatic rings. The highest BCUT2D eigenvalue weighted by molar-refractivity contribution is 8.00. The van der Waals surface area contributed by atoms with Crippen molar-refractivity contribution in [3.8, 4) is 11.3 Å². The number of alkyl halides is 6. The quantitative estimate of drug-likeness (QED) is 0.0390. The molecule has 7 rings (SSSR count). The first kappa shape index (κ1) is 59.0. The Bertz CT molecular complexity index is 2970. The van der Waals surface area contributed by atoms with Crippen LogP contribution in [-0.2, 0) is 70.4 Å². The van der Waals surface area contributed by atoms with Crippen molar-refractivity contribution in [1.82, 2.24) is 20.1 Å². The molecule has 1 N–H and O–H groups in total. The van der Waals surface area contributed by atoms with Gasteiger partial charge in [-0.2, -0.15) is 43.2 Å². The van der Waals surface area contributed by atoms with Crippen LogP contribution in [0.25, 0.3) is 11.3 Å². The molecule has 4 aromatic carbocycles. The number of benzene rings is 4. The van der Waals surface area contributed by atoms with Gasteiger partial charge in [0.2, 0.25) is 5.91 Å². The molecular weight excluding hydrogens is 1070 g/mol. The van der Waals surface area contributed by atoms with Gasteiger partial charge in [-0.3, -0.25) is 19.4 Å². The smallest absolute Gasteiger partial charge is 0.467 e. The summed E-state index contributed by atoms with van der Waals surface area (Å²) in [5.74, 6) is -1.48. The number of nitrogens with zero attached hydrogens (tertiary/aromatic N) is 3. The summed E-state index contributed by atoms with van der Waals surface area (Å²) in [5.41, 5.74) is -9.43. The zero-order valence-corrected chi connectivity index (χ0v) is 41.5. The Morgan fingerprint density at radius 3 is 1.53 bits per heavy atom. The van der Waals surface area contributed by atoms with Crippen LogP contribution in [0.15, 0.2) is 132 Å². The van der Waals surface area contributed by atoms with E-state index in [4.69, 9.17) is 23.4 Å². The number of carbonyl (C=O) groups excluding carboxylic acids is 6. The number of Topliss-reactive ketones (excluding diaryl/α,β-unsaturated/α-hetero) is 1. The highest BCUT2D eigenvalue weighted by Gasteiger charge is 2.57. The Morgan fingerprint density at radius 2 is 1.07 bits per heavy atom. The maximum absolute atomic E-state index is 12.7. The number of nitrogens with one attached hydrogen (secondary N) is 1. The second-order valence-electron chi connectivity index (χ2n) is 16.1. The zero-order chi connectivity index (χ0) is 55.8. The van der Waals surface area contributed by atoms with E-state index in [0.717, 1.165) is 16.7 Å². The third-order valence-corrected chi connectivity index (χ3v) is 13.6. The fourth-order valence-electron chi connectivity index (χ4n) is 7.21. The number of likely N-dealkylation sites (tertiary alicyclic amines) is 2. The van der Waals surface area contributed by atoms with E-state index < -0.39 is 79.3 Å². The Balaban J connectivity index is 0.000000224. The van der Waals surface area contributed by atoms with Crippen LogP contribution >= 0.6 is 0 Å². The molecule has 0 spiro atoms. The maximum atomic E-state index is 12.7. The lowest BCUT2D eigenvalue weighted by Crippen LogP contribution is -2.41. The number of methoxy groups -OCH3 is 2. The van der Waals surface area contributed by atoms with Crippen LogP contribution in [0.3, 0.4) is 0 Å². The van der Waals surface area contributed by atoms with Crippen LogP contribution < -0.4 is 5.32 Å². The number of hydrogen-bond acceptors (Lipinski definition) is 17. The van der Waals surface area contributed by atoms with Crippen molar-refractivity contribution >= 4 is 56.1 Å². The second kappa shape index (κ2) is 26.1. The molecule has 1 aromatic heterocycles. The molecule has 20 nitrogen and oxygen atoms in total. The lowest BCUT2D eigenvalue weighted by molar-refractivity contribution is -0.146. The number of ether oxygens (including phenoxy) is 4. The van der Waals surface area contributed by atoms with E-state index >= 15 is 0 Å². The molecule has 2 fully saturated rings. The van der Waals surface area contributed by atoms with Crippen molar-refractivity contribution in [2.24, 2.45) is 5.92 Å². The van der Waals surface area contributed by atoms with E-state index in [9.17, 15) is 71.9 Å². The van der Waals surface area contributed by atoms with Crippen molar-refractivity contribution in [3.05, 3.63) is 150 Å². The largest absolute Gasteiger partial charge is 0.524 e. The molecule has 408 valence electrons. The van der Waals surface area contributed by atoms with Gasteiger partial charge in [0.1, 0.15) is 25.3 Å². The highest BCUT2D eigenvalue weighted by atomic mass is 32.3. The number of esters is 2. The van der Waals surface area contributed by atoms with E-state index in [1.165, 1.54) is 24.0 Å². The first-order valence-electron chi connectivity index (χ1n) is 22.2. The van der Waals surface area contributed by atoms with Crippen LogP contribution in [0.5, 0.6) is 0 Å². The maximum Gasteiger partial charge on any atom is 0.524 e. The molecule has 2 saturated heterocycles. The minimum absolute atomic E-state index is 0.00124. The molecule has 0 saturated carbocycles. The monoisotopic (exact) mass is 1110 g/mol. The number of amides is 3. The SMILES string of the molecule is COC(=O)[C@@H]1C[C@H](C(=O)NCC(=O)c2ccccc2)CN1C(=O)OCc1ccccc1.COC(=O)[C@@H]1C[C@H](c2ncc(-c3ccccc3)o2)CN1C(=O)OCc1ccccc1.O=S(=O)(OS(=O)(=O)C(F)(F)F)C(F)(F)F. The normalized spacial score (nSPS) is 17.4. The topological polar surface area (TPSA) is 261 Å². The number of rotatable bonds is 14. The molecule has 0 aliphatic carbocycles. The predicted octanol–water partition coefficient (Wildman–Crippen LogP) is 6.90. The van der Waals surface area contributed by atoms with Gasteiger partial charge in [-0.15, -0.1) is 3.63 Å². The van der Waals surface area contributed by atoms with Gasteiger partial charge in [-0.1, -0.05) is 121 Å². The molecule has 3 heterocycles. The molecule has 4 atom stereocenters. The van der Waals surface area contributed by atoms with Crippen LogP contribution in [0.2, 0.25) is 0 Å². The van der Waals surface area contributed by atoms with E-state index in [2.05, 4.69) is 10.3 Å². The average Bonchev–Trinajstić information content (AvgIpc) is 4.19. The zero-order valence-electron chi connectivity index (χ0n) is 39.8. The van der Waals surface area contributed by atoms with Gasteiger partial charge in [-0.05, 0) is 24.0 Å². The van der Waals surface area contributed by atoms with Crippen LogP contribution in [0.4, 0.5) is 35.9 Å². The van der Waals surface area contributed by atoms with Gasteiger partial charge in [0.25, 0.3) is 0 Å². The Labute approximate surface area is 430 Å². The van der Waals surface area contributed by atoms with Crippen molar-refractivity contribution < 1.29 is 98.9 Å². The minimum Gasteiger partial charge on any atom is -0.467 e. The number of carbonyl (C=O) groups is 6. The summed E-state index contributed by atoms with van der Waals surface area (Å²) in [6, 6.07) is 35.1. The Hall–Kier alpha value is -7.85. The summed E-state index contributed by atoms with van der Waals surface area (Å²) in [7, 11) is -11.2. The third-order valence-electron chi connectivity index (χ3n) is 11.0. The van der Waals surface area contributed by atoms with Crippen LogP contribution in [0, 0.1) is 5.92 Å². The number of hydrogen-bond donors (Lipinski definition) is 1. The fraction of sp³-hybridized carbons (Fsp3) is 0.312. The van der Waals surface area contributed by atoms with E-state index in [1.807, 2.05) is 94.6 Å². The summed E-state index contributed by atoms with van der Waals surface area (Å²) < 4.78 is 136. The van der Waals surface area contributed by atoms with Gasteiger partial charge in [0, 0.05) is 24.2 Å². The lowest BCUT2D eigenvalue weighted by Gasteiger charge is -2.21. The number of ketones is 1. The molecule has 3 amide bonds. The summed E-state index contributed by atoms with van der Waals surface area (Å²) >= 11 is 0. The van der Waals surface area contributed by atoms with Gasteiger partial charge >= 0.3 is 55.4 Å². The van der Waals surface area contributed by atoms with Gasteiger partial charge in [0.05, 0.1) is 38.8 Å². The number of aromatic nitrogens is 1.